The lowest BCUT2D eigenvalue weighted by Gasteiger charge is -2.27. The second kappa shape index (κ2) is 5.27. The van der Waals surface area contributed by atoms with E-state index in [1.54, 1.807) is 12.4 Å². The fraction of sp³-hybridized carbons (Fsp3) is 0.583. The van der Waals surface area contributed by atoms with Gasteiger partial charge in [0.25, 0.3) is 0 Å². The van der Waals surface area contributed by atoms with Gasteiger partial charge in [-0.1, -0.05) is 0 Å². The molecule has 1 aliphatic heterocycles. The Bertz CT molecular complexity index is 337. The SMILES string of the molecule is Nc1ccncc1CC(N)C1CCCOC1. The molecule has 1 aromatic heterocycles. The molecule has 4 nitrogen and oxygen atoms in total. The van der Waals surface area contributed by atoms with Crippen molar-refractivity contribution in [1.29, 1.82) is 0 Å². The second-order valence-electron chi connectivity index (χ2n) is 4.42. The van der Waals surface area contributed by atoms with Gasteiger partial charge in [0.1, 0.15) is 0 Å². The third kappa shape index (κ3) is 2.71. The van der Waals surface area contributed by atoms with Crippen molar-refractivity contribution in [3.8, 4) is 0 Å². The van der Waals surface area contributed by atoms with Gasteiger partial charge in [-0.2, -0.15) is 0 Å². The lowest BCUT2D eigenvalue weighted by Crippen LogP contribution is -2.37. The van der Waals surface area contributed by atoms with E-state index in [-0.39, 0.29) is 6.04 Å². The number of anilines is 1. The van der Waals surface area contributed by atoms with Crippen LogP contribution in [-0.2, 0) is 11.2 Å². The highest BCUT2D eigenvalue weighted by atomic mass is 16.5. The van der Waals surface area contributed by atoms with Gasteiger partial charge in [0.05, 0.1) is 6.61 Å². The van der Waals surface area contributed by atoms with E-state index >= 15 is 0 Å². The molecule has 0 aromatic carbocycles. The van der Waals surface area contributed by atoms with Crippen molar-refractivity contribution in [3.05, 3.63) is 24.0 Å². The van der Waals surface area contributed by atoms with E-state index in [9.17, 15) is 0 Å². The molecule has 0 amide bonds. The number of nitrogens with two attached hydrogens (primary N) is 2. The summed E-state index contributed by atoms with van der Waals surface area (Å²) >= 11 is 0. The van der Waals surface area contributed by atoms with Gasteiger partial charge in [-0.3, -0.25) is 4.98 Å². The minimum Gasteiger partial charge on any atom is -0.398 e. The molecular formula is C12H19N3O. The highest BCUT2D eigenvalue weighted by Gasteiger charge is 2.21. The van der Waals surface area contributed by atoms with Gasteiger partial charge >= 0.3 is 0 Å². The first kappa shape index (κ1) is 11.4. The molecule has 2 rings (SSSR count). The van der Waals surface area contributed by atoms with E-state index in [0.29, 0.717) is 5.92 Å². The fourth-order valence-electron chi connectivity index (χ4n) is 2.13. The Morgan fingerprint density at radius 1 is 1.56 bits per heavy atom. The highest BCUT2D eigenvalue weighted by molar-refractivity contribution is 5.44. The highest BCUT2D eigenvalue weighted by Crippen LogP contribution is 2.20. The molecule has 2 atom stereocenters. The molecule has 0 aliphatic carbocycles. The van der Waals surface area contributed by atoms with Crippen molar-refractivity contribution < 1.29 is 4.74 Å². The van der Waals surface area contributed by atoms with E-state index in [4.69, 9.17) is 16.2 Å². The van der Waals surface area contributed by atoms with Crippen LogP contribution in [0.3, 0.4) is 0 Å². The summed E-state index contributed by atoms with van der Waals surface area (Å²) in [5.74, 6) is 0.452. The Labute approximate surface area is 96.0 Å². The average molecular weight is 221 g/mol. The van der Waals surface area contributed by atoms with E-state index in [1.807, 2.05) is 6.07 Å². The zero-order valence-electron chi connectivity index (χ0n) is 9.43. The van der Waals surface area contributed by atoms with Gasteiger partial charge in [-0.25, -0.2) is 0 Å². The molecule has 0 spiro atoms. The molecule has 0 radical (unpaired) electrons. The van der Waals surface area contributed by atoms with Crippen LogP contribution in [-0.4, -0.2) is 24.2 Å². The number of ether oxygens (including phenoxy) is 1. The van der Waals surface area contributed by atoms with E-state index < -0.39 is 0 Å². The van der Waals surface area contributed by atoms with Crippen molar-refractivity contribution >= 4 is 5.69 Å². The Hall–Kier alpha value is -1.13. The van der Waals surface area contributed by atoms with Crippen LogP contribution < -0.4 is 11.5 Å². The predicted molar refractivity (Wildman–Crippen MR) is 63.9 cm³/mol. The van der Waals surface area contributed by atoms with Crippen LogP contribution in [0.1, 0.15) is 18.4 Å². The molecule has 1 saturated heterocycles. The van der Waals surface area contributed by atoms with E-state index in [1.165, 1.54) is 0 Å². The smallest absolute Gasteiger partial charge is 0.0509 e. The quantitative estimate of drug-likeness (QED) is 0.797. The Balaban J connectivity index is 1.96. The zero-order valence-corrected chi connectivity index (χ0v) is 9.43. The van der Waals surface area contributed by atoms with Gasteiger partial charge in [-0.05, 0) is 36.8 Å². The summed E-state index contributed by atoms with van der Waals surface area (Å²) in [5.41, 5.74) is 13.9. The molecule has 2 unspecified atom stereocenters. The summed E-state index contributed by atoms with van der Waals surface area (Å²) < 4.78 is 5.44. The van der Waals surface area contributed by atoms with Crippen LogP contribution in [0.4, 0.5) is 5.69 Å². The first-order valence-corrected chi connectivity index (χ1v) is 5.79. The molecule has 1 aromatic rings. The van der Waals surface area contributed by atoms with Gasteiger partial charge < -0.3 is 16.2 Å². The van der Waals surface area contributed by atoms with Crippen molar-refractivity contribution in [1.82, 2.24) is 4.98 Å². The van der Waals surface area contributed by atoms with Crippen molar-refractivity contribution in [2.75, 3.05) is 18.9 Å². The number of nitrogen functional groups attached to an aromatic ring is 1. The number of aromatic nitrogens is 1. The second-order valence-corrected chi connectivity index (χ2v) is 4.42. The zero-order chi connectivity index (χ0) is 11.4. The maximum Gasteiger partial charge on any atom is 0.0509 e. The van der Waals surface area contributed by atoms with Crippen LogP contribution in [0.2, 0.25) is 0 Å². The number of hydrogen-bond acceptors (Lipinski definition) is 4. The molecular weight excluding hydrogens is 202 g/mol. The molecule has 16 heavy (non-hydrogen) atoms. The minimum absolute atomic E-state index is 0.117. The molecule has 0 saturated carbocycles. The topological polar surface area (TPSA) is 74.2 Å². The summed E-state index contributed by atoms with van der Waals surface area (Å²) in [6.45, 7) is 1.65. The van der Waals surface area contributed by atoms with Crippen LogP contribution in [0.5, 0.6) is 0 Å². The average Bonchev–Trinajstić information content (AvgIpc) is 2.33. The van der Waals surface area contributed by atoms with Crippen LogP contribution in [0.15, 0.2) is 18.5 Å². The maximum atomic E-state index is 6.19. The fourth-order valence-corrected chi connectivity index (χ4v) is 2.13. The number of rotatable bonds is 3. The largest absolute Gasteiger partial charge is 0.398 e. The summed E-state index contributed by atoms with van der Waals surface area (Å²) in [4.78, 5) is 4.08. The van der Waals surface area contributed by atoms with Crippen LogP contribution >= 0.6 is 0 Å². The molecule has 4 heteroatoms. The first-order chi connectivity index (χ1) is 7.77. The van der Waals surface area contributed by atoms with Gasteiger partial charge in [-0.15, -0.1) is 0 Å². The number of nitrogens with zero attached hydrogens (tertiary/aromatic N) is 1. The van der Waals surface area contributed by atoms with Gasteiger partial charge in [0, 0.05) is 30.7 Å². The molecule has 0 bridgehead atoms. The minimum atomic E-state index is 0.117. The van der Waals surface area contributed by atoms with Crippen LogP contribution in [0, 0.1) is 5.92 Å². The summed E-state index contributed by atoms with van der Waals surface area (Å²) in [6.07, 6.45) is 6.56. The normalized spacial score (nSPS) is 22.9. The van der Waals surface area contributed by atoms with E-state index in [0.717, 1.165) is 43.7 Å². The lowest BCUT2D eigenvalue weighted by molar-refractivity contribution is 0.0450. The number of hydrogen-bond donors (Lipinski definition) is 2. The maximum absolute atomic E-state index is 6.19. The monoisotopic (exact) mass is 221 g/mol. The van der Waals surface area contributed by atoms with Crippen molar-refractivity contribution in [2.45, 2.75) is 25.3 Å². The number of pyridine rings is 1. The summed E-state index contributed by atoms with van der Waals surface area (Å²) in [6, 6.07) is 1.94. The summed E-state index contributed by atoms with van der Waals surface area (Å²) in [7, 11) is 0. The molecule has 4 N–H and O–H groups in total. The molecule has 1 fully saturated rings. The summed E-state index contributed by atoms with van der Waals surface area (Å²) in [5, 5.41) is 0. The first-order valence-electron chi connectivity index (χ1n) is 5.79. The molecule has 1 aliphatic rings. The third-order valence-corrected chi connectivity index (χ3v) is 3.20. The predicted octanol–water partition coefficient (Wildman–Crippen LogP) is 0.960. The van der Waals surface area contributed by atoms with Gasteiger partial charge in [0.15, 0.2) is 0 Å². The third-order valence-electron chi connectivity index (χ3n) is 3.20. The Morgan fingerprint density at radius 3 is 3.12 bits per heavy atom. The van der Waals surface area contributed by atoms with Gasteiger partial charge in [0.2, 0.25) is 0 Å². The Kier molecular flexibility index (Phi) is 3.74. The molecule has 88 valence electrons. The van der Waals surface area contributed by atoms with Crippen molar-refractivity contribution in [3.63, 3.8) is 0 Å². The van der Waals surface area contributed by atoms with Crippen molar-refractivity contribution in [2.24, 2.45) is 11.7 Å². The molecule has 2 heterocycles. The van der Waals surface area contributed by atoms with Crippen LogP contribution in [0.25, 0.3) is 0 Å². The Morgan fingerprint density at radius 2 is 2.44 bits per heavy atom. The lowest BCUT2D eigenvalue weighted by atomic mass is 9.90. The van der Waals surface area contributed by atoms with E-state index in [2.05, 4.69) is 4.98 Å². The standard InChI is InChI=1S/C12H19N3O/c13-11-3-4-15-7-10(11)6-12(14)9-2-1-5-16-8-9/h3-4,7,9,12H,1-2,5-6,8,14H2,(H2,13,15).